The van der Waals surface area contributed by atoms with Crippen molar-refractivity contribution in [2.45, 2.75) is 13.0 Å². The van der Waals surface area contributed by atoms with Gasteiger partial charge in [0.2, 0.25) is 0 Å². The molecule has 2 aromatic carbocycles. The quantitative estimate of drug-likeness (QED) is 0.765. The van der Waals surface area contributed by atoms with Crippen molar-refractivity contribution in [3.05, 3.63) is 64.3 Å². The van der Waals surface area contributed by atoms with E-state index in [9.17, 15) is 4.79 Å². The van der Waals surface area contributed by atoms with Gasteiger partial charge in [-0.1, -0.05) is 23.7 Å². The van der Waals surface area contributed by atoms with E-state index >= 15 is 0 Å². The third-order valence-electron chi connectivity index (χ3n) is 4.56. The number of methoxy groups -OCH3 is 1. The Bertz CT molecular complexity index is 932. The van der Waals surface area contributed by atoms with Gasteiger partial charge in [0.1, 0.15) is 5.75 Å². The summed E-state index contributed by atoms with van der Waals surface area (Å²) in [5.74, 6) is 0.602. The Morgan fingerprint density at radius 1 is 1.25 bits per heavy atom. The number of H-pyrrole nitrogens is 1. The number of fused-ring (bicyclic) bond motifs is 3. The number of hydrogen-bond donors (Lipinski definition) is 1. The van der Waals surface area contributed by atoms with Crippen LogP contribution < -0.4 is 4.74 Å². The van der Waals surface area contributed by atoms with Crippen molar-refractivity contribution < 1.29 is 9.53 Å². The molecule has 0 unspecified atom stereocenters. The van der Waals surface area contributed by atoms with Crippen LogP contribution in [0, 0.1) is 0 Å². The summed E-state index contributed by atoms with van der Waals surface area (Å²) in [6, 6.07) is 13.2. The SMILES string of the molecule is COc1ccccc1C(=O)N1CCc2[nH]c3ccc(Cl)cc3c2C1. The second-order valence-electron chi connectivity index (χ2n) is 5.95. The number of carbonyl (C=O) groups excluding carboxylic acids is 1. The normalized spacial score (nSPS) is 13.8. The summed E-state index contributed by atoms with van der Waals surface area (Å²) in [6.45, 7) is 1.26. The van der Waals surface area contributed by atoms with Crippen LogP contribution in [-0.4, -0.2) is 29.4 Å². The van der Waals surface area contributed by atoms with Crippen molar-refractivity contribution in [3.8, 4) is 5.75 Å². The van der Waals surface area contributed by atoms with Gasteiger partial charge in [-0.05, 0) is 30.3 Å². The minimum Gasteiger partial charge on any atom is -0.496 e. The molecule has 0 radical (unpaired) electrons. The third-order valence-corrected chi connectivity index (χ3v) is 4.80. The molecule has 0 spiro atoms. The molecule has 4 rings (SSSR count). The maximum atomic E-state index is 12.9. The first kappa shape index (κ1) is 15.1. The average Bonchev–Trinajstić information content (AvgIpc) is 2.98. The number of ether oxygens (including phenoxy) is 1. The second-order valence-corrected chi connectivity index (χ2v) is 6.39. The number of amides is 1. The zero-order valence-corrected chi connectivity index (χ0v) is 14.1. The lowest BCUT2D eigenvalue weighted by Crippen LogP contribution is -2.36. The fraction of sp³-hybridized carbons (Fsp3) is 0.211. The van der Waals surface area contributed by atoms with E-state index in [1.165, 1.54) is 5.69 Å². The number of nitrogens with one attached hydrogen (secondary N) is 1. The molecule has 2 heterocycles. The molecule has 0 saturated carbocycles. The monoisotopic (exact) mass is 340 g/mol. The lowest BCUT2D eigenvalue weighted by Gasteiger charge is -2.28. The number of aromatic amines is 1. The van der Waals surface area contributed by atoms with Crippen LogP contribution in [0.15, 0.2) is 42.5 Å². The number of nitrogens with zero attached hydrogens (tertiary/aromatic N) is 1. The van der Waals surface area contributed by atoms with Crippen molar-refractivity contribution in [1.82, 2.24) is 9.88 Å². The minimum atomic E-state index is -0.00511. The van der Waals surface area contributed by atoms with E-state index in [0.29, 0.717) is 29.4 Å². The highest BCUT2D eigenvalue weighted by molar-refractivity contribution is 6.31. The molecular weight excluding hydrogens is 324 g/mol. The lowest BCUT2D eigenvalue weighted by atomic mass is 10.0. The molecule has 0 aliphatic carbocycles. The third kappa shape index (κ3) is 2.43. The Labute approximate surface area is 145 Å². The predicted molar refractivity (Wildman–Crippen MR) is 94.7 cm³/mol. The molecule has 1 amide bonds. The van der Waals surface area contributed by atoms with Crippen LogP contribution in [0.25, 0.3) is 10.9 Å². The van der Waals surface area contributed by atoms with E-state index in [-0.39, 0.29) is 5.91 Å². The summed E-state index contributed by atoms with van der Waals surface area (Å²) in [5.41, 5.74) is 4.01. The molecule has 122 valence electrons. The zero-order valence-electron chi connectivity index (χ0n) is 13.3. The Morgan fingerprint density at radius 3 is 2.92 bits per heavy atom. The number of halogens is 1. The van der Waals surface area contributed by atoms with E-state index in [0.717, 1.165) is 22.9 Å². The zero-order chi connectivity index (χ0) is 16.7. The fourth-order valence-corrected chi connectivity index (χ4v) is 3.52. The van der Waals surface area contributed by atoms with Gasteiger partial charge in [0.15, 0.2) is 0 Å². The number of rotatable bonds is 2. The molecule has 0 bridgehead atoms. The molecule has 24 heavy (non-hydrogen) atoms. The van der Waals surface area contributed by atoms with Gasteiger partial charge in [0.25, 0.3) is 5.91 Å². The molecule has 1 aliphatic heterocycles. The fourth-order valence-electron chi connectivity index (χ4n) is 3.35. The molecule has 5 heteroatoms. The Hall–Kier alpha value is -2.46. The van der Waals surface area contributed by atoms with Crippen molar-refractivity contribution in [1.29, 1.82) is 0 Å². The largest absolute Gasteiger partial charge is 0.496 e. The Balaban J connectivity index is 1.70. The molecule has 0 atom stereocenters. The van der Waals surface area contributed by atoms with Crippen LogP contribution in [0.3, 0.4) is 0 Å². The van der Waals surface area contributed by atoms with Gasteiger partial charge in [0.05, 0.1) is 12.7 Å². The van der Waals surface area contributed by atoms with Crippen LogP contribution in [0.5, 0.6) is 5.75 Å². The molecular formula is C19H17ClN2O2. The van der Waals surface area contributed by atoms with Crippen LogP contribution >= 0.6 is 11.6 Å². The maximum absolute atomic E-state index is 12.9. The van der Waals surface area contributed by atoms with Crippen LogP contribution in [0.2, 0.25) is 5.02 Å². The molecule has 0 fully saturated rings. The Morgan fingerprint density at radius 2 is 2.08 bits per heavy atom. The van der Waals surface area contributed by atoms with E-state index in [4.69, 9.17) is 16.3 Å². The van der Waals surface area contributed by atoms with E-state index < -0.39 is 0 Å². The van der Waals surface area contributed by atoms with Gasteiger partial charge in [-0.2, -0.15) is 0 Å². The first-order valence-corrected chi connectivity index (χ1v) is 8.26. The summed E-state index contributed by atoms with van der Waals surface area (Å²) in [4.78, 5) is 18.2. The van der Waals surface area contributed by atoms with Crippen LogP contribution in [0.1, 0.15) is 21.6 Å². The van der Waals surface area contributed by atoms with E-state index in [1.807, 2.05) is 47.4 Å². The number of carbonyl (C=O) groups is 1. The lowest BCUT2D eigenvalue weighted by molar-refractivity contribution is 0.0731. The van der Waals surface area contributed by atoms with Crippen LogP contribution in [0.4, 0.5) is 0 Å². The molecule has 1 N–H and O–H groups in total. The summed E-state index contributed by atoms with van der Waals surface area (Å²) in [7, 11) is 1.59. The standard InChI is InChI=1S/C19H17ClN2O2/c1-24-18-5-3-2-4-13(18)19(23)22-9-8-17-15(11-22)14-10-12(20)6-7-16(14)21-17/h2-7,10,21H,8-9,11H2,1H3. The predicted octanol–water partition coefficient (Wildman–Crippen LogP) is 4.03. The first-order valence-electron chi connectivity index (χ1n) is 7.88. The molecule has 3 aromatic rings. The van der Waals surface area contributed by atoms with Crippen molar-refractivity contribution in [2.75, 3.05) is 13.7 Å². The maximum Gasteiger partial charge on any atom is 0.257 e. The number of para-hydroxylation sites is 1. The van der Waals surface area contributed by atoms with Crippen molar-refractivity contribution in [2.24, 2.45) is 0 Å². The highest BCUT2D eigenvalue weighted by atomic mass is 35.5. The average molecular weight is 341 g/mol. The molecule has 1 aliphatic rings. The summed E-state index contributed by atoms with van der Waals surface area (Å²) in [6.07, 6.45) is 0.808. The number of aromatic nitrogens is 1. The van der Waals surface area contributed by atoms with E-state index in [2.05, 4.69) is 4.98 Å². The van der Waals surface area contributed by atoms with Gasteiger partial charge in [-0.25, -0.2) is 0 Å². The first-order chi connectivity index (χ1) is 11.7. The van der Waals surface area contributed by atoms with Gasteiger partial charge >= 0.3 is 0 Å². The number of benzene rings is 2. The van der Waals surface area contributed by atoms with Crippen molar-refractivity contribution in [3.63, 3.8) is 0 Å². The minimum absolute atomic E-state index is 0.00511. The summed E-state index contributed by atoms with van der Waals surface area (Å²) in [5, 5.41) is 1.80. The van der Waals surface area contributed by atoms with Gasteiger partial charge in [-0.3, -0.25) is 4.79 Å². The van der Waals surface area contributed by atoms with E-state index in [1.54, 1.807) is 7.11 Å². The van der Waals surface area contributed by atoms with Gasteiger partial charge in [-0.15, -0.1) is 0 Å². The Kier molecular flexibility index (Phi) is 3.69. The highest BCUT2D eigenvalue weighted by Crippen LogP contribution is 2.31. The van der Waals surface area contributed by atoms with Gasteiger partial charge < -0.3 is 14.6 Å². The van der Waals surface area contributed by atoms with Crippen LogP contribution in [-0.2, 0) is 13.0 Å². The second kappa shape index (κ2) is 5.87. The van der Waals surface area contributed by atoms with Crippen molar-refractivity contribution >= 4 is 28.4 Å². The highest BCUT2D eigenvalue weighted by Gasteiger charge is 2.26. The summed E-state index contributed by atoms with van der Waals surface area (Å²) < 4.78 is 5.33. The molecule has 0 saturated heterocycles. The number of hydrogen-bond acceptors (Lipinski definition) is 2. The van der Waals surface area contributed by atoms with Gasteiger partial charge in [0, 0.05) is 46.7 Å². The topological polar surface area (TPSA) is 45.3 Å². The summed E-state index contributed by atoms with van der Waals surface area (Å²) >= 11 is 6.14. The molecule has 4 nitrogen and oxygen atoms in total. The smallest absolute Gasteiger partial charge is 0.257 e. The molecule has 1 aromatic heterocycles.